The van der Waals surface area contributed by atoms with Crippen molar-refractivity contribution in [3.63, 3.8) is 0 Å². The summed E-state index contributed by atoms with van der Waals surface area (Å²) < 4.78 is 10.7. The molecular formula is C14H21NO2. The van der Waals surface area contributed by atoms with Crippen molar-refractivity contribution in [2.45, 2.75) is 25.7 Å². The first-order chi connectivity index (χ1) is 8.35. The summed E-state index contributed by atoms with van der Waals surface area (Å²) in [6.45, 7) is 2.17. The Kier molecular flexibility index (Phi) is 4.26. The van der Waals surface area contributed by atoms with E-state index in [0.29, 0.717) is 0 Å². The molecular weight excluding hydrogens is 214 g/mol. The van der Waals surface area contributed by atoms with Gasteiger partial charge in [0.2, 0.25) is 0 Å². The molecule has 0 radical (unpaired) electrons. The van der Waals surface area contributed by atoms with Crippen molar-refractivity contribution in [2.24, 2.45) is 0 Å². The third-order valence-electron chi connectivity index (χ3n) is 3.33. The van der Waals surface area contributed by atoms with Gasteiger partial charge in [0.1, 0.15) is 0 Å². The maximum atomic E-state index is 5.36. The average molecular weight is 235 g/mol. The lowest BCUT2D eigenvalue weighted by molar-refractivity contribution is 0.354. The fourth-order valence-corrected chi connectivity index (χ4v) is 2.34. The summed E-state index contributed by atoms with van der Waals surface area (Å²) in [6.07, 6.45) is 4.68. The van der Waals surface area contributed by atoms with E-state index in [2.05, 4.69) is 17.4 Å². The van der Waals surface area contributed by atoms with Gasteiger partial charge < -0.3 is 14.8 Å². The minimum Gasteiger partial charge on any atom is -0.493 e. The Labute approximate surface area is 103 Å². The van der Waals surface area contributed by atoms with Gasteiger partial charge in [0.25, 0.3) is 0 Å². The zero-order chi connectivity index (χ0) is 12.1. The van der Waals surface area contributed by atoms with Gasteiger partial charge in [-0.15, -0.1) is 0 Å². The maximum absolute atomic E-state index is 5.36. The molecule has 0 spiro atoms. The Hall–Kier alpha value is -1.22. The summed E-state index contributed by atoms with van der Waals surface area (Å²) in [5.74, 6) is 1.68. The van der Waals surface area contributed by atoms with Crippen molar-refractivity contribution in [3.05, 3.63) is 23.3 Å². The number of fused-ring (bicyclic) bond motifs is 1. The van der Waals surface area contributed by atoms with Crippen LogP contribution < -0.4 is 14.8 Å². The second kappa shape index (κ2) is 5.92. The highest BCUT2D eigenvalue weighted by Crippen LogP contribution is 2.31. The first kappa shape index (κ1) is 12.2. The van der Waals surface area contributed by atoms with Gasteiger partial charge in [-0.3, -0.25) is 0 Å². The Morgan fingerprint density at radius 3 is 2.18 bits per heavy atom. The van der Waals surface area contributed by atoms with Gasteiger partial charge in [-0.2, -0.15) is 0 Å². The van der Waals surface area contributed by atoms with E-state index in [1.54, 1.807) is 14.2 Å². The van der Waals surface area contributed by atoms with Crippen molar-refractivity contribution < 1.29 is 9.47 Å². The number of rotatable bonds is 2. The van der Waals surface area contributed by atoms with Gasteiger partial charge in [-0.25, -0.2) is 0 Å². The number of hydrogen-bond donors (Lipinski definition) is 1. The highest BCUT2D eigenvalue weighted by molar-refractivity contribution is 5.47. The van der Waals surface area contributed by atoms with Crippen LogP contribution in [0.5, 0.6) is 11.5 Å². The summed E-state index contributed by atoms with van der Waals surface area (Å²) in [5.41, 5.74) is 2.79. The highest BCUT2D eigenvalue weighted by atomic mass is 16.5. The summed E-state index contributed by atoms with van der Waals surface area (Å²) in [7, 11) is 3.39. The molecule has 0 bridgehead atoms. The fourth-order valence-electron chi connectivity index (χ4n) is 2.34. The molecule has 0 saturated heterocycles. The molecule has 1 aromatic rings. The first-order valence-electron chi connectivity index (χ1n) is 6.29. The van der Waals surface area contributed by atoms with Gasteiger partial charge in [0.15, 0.2) is 11.5 Å². The number of ether oxygens (including phenoxy) is 2. The summed E-state index contributed by atoms with van der Waals surface area (Å²) in [4.78, 5) is 0. The number of nitrogens with one attached hydrogen (secondary N) is 1. The molecule has 1 heterocycles. The van der Waals surface area contributed by atoms with Crippen LogP contribution in [-0.2, 0) is 12.8 Å². The zero-order valence-electron chi connectivity index (χ0n) is 10.7. The van der Waals surface area contributed by atoms with Crippen molar-refractivity contribution in [1.82, 2.24) is 5.32 Å². The van der Waals surface area contributed by atoms with Gasteiger partial charge in [-0.05, 0) is 62.0 Å². The quantitative estimate of drug-likeness (QED) is 0.852. The molecule has 1 aliphatic rings. The molecule has 1 aromatic carbocycles. The molecule has 0 aliphatic carbocycles. The van der Waals surface area contributed by atoms with Crippen LogP contribution in [0.25, 0.3) is 0 Å². The van der Waals surface area contributed by atoms with Gasteiger partial charge in [0.05, 0.1) is 14.2 Å². The number of benzene rings is 1. The van der Waals surface area contributed by atoms with Crippen LogP contribution in [0.3, 0.4) is 0 Å². The van der Waals surface area contributed by atoms with Crippen LogP contribution in [0.1, 0.15) is 24.0 Å². The highest BCUT2D eigenvalue weighted by Gasteiger charge is 2.11. The SMILES string of the molecule is COc1cc2c(cc1OC)CCNCCCC2. The van der Waals surface area contributed by atoms with E-state index in [-0.39, 0.29) is 0 Å². The van der Waals surface area contributed by atoms with E-state index in [1.807, 2.05) is 0 Å². The average Bonchev–Trinajstić information content (AvgIpc) is 2.48. The fraction of sp³-hybridized carbons (Fsp3) is 0.571. The van der Waals surface area contributed by atoms with Gasteiger partial charge in [0, 0.05) is 0 Å². The predicted molar refractivity (Wildman–Crippen MR) is 69.1 cm³/mol. The maximum Gasteiger partial charge on any atom is 0.161 e. The van der Waals surface area contributed by atoms with E-state index in [4.69, 9.17) is 9.47 Å². The summed E-state index contributed by atoms with van der Waals surface area (Å²) >= 11 is 0. The minimum absolute atomic E-state index is 0.838. The number of aryl methyl sites for hydroxylation is 1. The Balaban J connectivity index is 2.32. The lowest BCUT2D eigenvalue weighted by Crippen LogP contribution is -2.17. The smallest absolute Gasteiger partial charge is 0.161 e. The molecule has 3 nitrogen and oxygen atoms in total. The van der Waals surface area contributed by atoms with Crippen LogP contribution in [0.4, 0.5) is 0 Å². The largest absolute Gasteiger partial charge is 0.493 e. The molecule has 94 valence electrons. The van der Waals surface area contributed by atoms with Crippen molar-refractivity contribution >= 4 is 0 Å². The van der Waals surface area contributed by atoms with Crippen LogP contribution >= 0.6 is 0 Å². The van der Waals surface area contributed by atoms with E-state index in [1.165, 1.54) is 24.0 Å². The topological polar surface area (TPSA) is 30.5 Å². The summed E-state index contributed by atoms with van der Waals surface area (Å²) in [5, 5.41) is 3.46. The Morgan fingerprint density at radius 2 is 1.53 bits per heavy atom. The third kappa shape index (κ3) is 2.91. The molecule has 2 rings (SSSR count). The molecule has 3 heteroatoms. The second-order valence-corrected chi connectivity index (χ2v) is 4.43. The van der Waals surface area contributed by atoms with Crippen molar-refractivity contribution in [3.8, 4) is 11.5 Å². The molecule has 0 unspecified atom stereocenters. The molecule has 0 fully saturated rings. The van der Waals surface area contributed by atoms with Crippen molar-refractivity contribution in [1.29, 1.82) is 0 Å². The van der Waals surface area contributed by atoms with Crippen LogP contribution in [-0.4, -0.2) is 27.3 Å². The Bertz CT molecular complexity index is 342. The summed E-state index contributed by atoms with van der Waals surface area (Å²) in [6, 6.07) is 4.26. The molecule has 0 aromatic heterocycles. The van der Waals surface area contributed by atoms with Crippen LogP contribution in [0.2, 0.25) is 0 Å². The third-order valence-corrected chi connectivity index (χ3v) is 3.33. The predicted octanol–water partition coefficient (Wildman–Crippen LogP) is 2.17. The second-order valence-electron chi connectivity index (χ2n) is 4.43. The molecule has 1 N–H and O–H groups in total. The molecule has 0 saturated carbocycles. The first-order valence-corrected chi connectivity index (χ1v) is 6.29. The van der Waals surface area contributed by atoms with Gasteiger partial charge >= 0.3 is 0 Å². The standard InChI is InChI=1S/C14H21NO2/c1-16-13-9-11-5-3-4-7-15-8-6-12(11)10-14(13)17-2/h9-10,15H,3-8H2,1-2H3. The molecule has 0 atom stereocenters. The minimum atomic E-state index is 0.838. The van der Waals surface area contributed by atoms with Crippen LogP contribution in [0.15, 0.2) is 12.1 Å². The van der Waals surface area contributed by atoms with E-state index in [9.17, 15) is 0 Å². The lowest BCUT2D eigenvalue weighted by Gasteiger charge is -2.14. The number of methoxy groups -OCH3 is 2. The van der Waals surface area contributed by atoms with Crippen molar-refractivity contribution in [2.75, 3.05) is 27.3 Å². The number of hydrogen-bond acceptors (Lipinski definition) is 3. The van der Waals surface area contributed by atoms with Crippen LogP contribution in [0, 0.1) is 0 Å². The van der Waals surface area contributed by atoms with Gasteiger partial charge in [-0.1, -0.05) is 0 Å². The normalized spacial score (nSPS) is 16.4. The van der Waals surface area contributed by atoms with E-state index >= 15 is 0 Å². The monoisotopic (exact) mass is 235 g/mol. The molecule has 17 heavy (non-hydrogen) atoms. The van der Waals surface area contributed by atoms with E-state index < -0.39 is 0 Å². The molecule has 0 amide bonds. The zero-order valence-corrected chi connectivity index (χ0v) is 10.7. The lowest BCUT2D eigenvalue weighted by atomic mass is 9.99. The Morgan fingerprint density at radius 1 is 0.882 bits per heavy atom. The van der Waals surface area contributed by atoms with E-state index in [0.717, 1.165) is 37.4 Å². The molecule has 1 aliphatic heterocycles.